The van der Waals surface area contributed by atoms with Crippen LogP contribution in [0.2, 0.25) is 0 Å². The van der Waals surface area contributed by atoms with E-state index in [0.717, 1.165) is 22.3 Å². The molecule has 5 rings (SSSR count). The van der Waals surface area contributed by atoms with Gasteiger partial charge in [-0.3, -0.25) is 4.68 Å². The van der Waals surface area contributed by atoms with Crippen molar-refractivity contribution in [2.24, 2.45) is 7.05 Å². The number of aryl methyl sites for hydroxylation is 1. The maximum Gasteiger partial charge on any atom is 0.276 e. The summed E-state index contributed by atoms with van der Waals surface area (Å²) in [5, 5.41) is 8.18. The minimum absolute atomic E-state index is 0.422. The molecule has 7 heteroatoms. The molecule has 0 atom stereocenters. The number of hydrogen-bond donors (Lipinski definition) is 0. The smallest absolute Gasteiger partial charge is 0.276 e. The summed E-state index contributed by atoms with van der Waals surface area (Å²) in [5.74, 6) is 1.50. The van der Waals surface area contributed by atoms with Gasteiger partial charge in [-0.05, 0) is 36.4 Å². The van der Waals surface area contributed by atoms with Crippen molar-refractivity contribution in [2.45, 2.75) is 0 Å². The SMILES string of the molecule is Cn1nccc1-c1nc(-c2ccc3oc(-c4ccccc4)nc3c2)no1. The summed E-state index contributed by atoms with van der Waals surface area (Å²) >= 11 is 0. The maximum atomic E-state index is 5.84. The highest BCUT2D eigenvalue weighted by Gasteiger charge is 2.15. The van der Waals surface area contributed by atoms with Crippen LogP contribution in [0, 0.1) is 0 Å². The normalized spacial score (nSPS) is 11.3. The molecule has 3 heterocycles. The largest absolute Gasteiger partial charge is 0.436 e. The summed E-state index contributed by atoms with van der Waals surface area (Å²) in [6.07, 6.45) is 1.69. The van der Waals surface area contributed by atoms with Crippen LogP contribution < -0.4 is 0 Å². The van der Waals surface area contributed by atoms with Crippen LogP contribution in [0.25, 0.3) is 45.5 Å². The molecule has 0 bridgehead atoms. The Kier molecular flexibility index (Phi) is 3.18. The predicted octanol–water partition coefficient (Wildman–Crippen LogP) is 3.95. The molecule has 2 aromatic carbocycles. The fourth-order valence-corrected chi connectivity index (χ4v) is 2.80. The third-order valence-electron chi connectivity index (χ3n) is 4.13. The van der Waals surface area contributed by atoms with Crippen LogP contribution >= 0.6 is 0 Å². The van der Waals surface area contributed by atoms with Gasteiger partial charge in [0.05, 0.1) is 0 Å². The van der Waals surface area contributed by atoms with Gasteiger partial charge >= 0.3 is 0 Å². The Morgan fingerprint density at radius 2 is 1.77 bits per heavy atom. The van der Waals surface area contributed by atoms with Gasteiger partial charge in [0.15, 0.2) is 5.58 Å². The summed E-state index contributed by atoms with van der Waals surface area (Å²) in [4.78, 5) is 9.03. The van der Waals surface area contributed by atoms with E-state index in [1.54, 1.807) is 10.9 Å². The highest BCUT2D eigenvalue weighted by Crippen LogP contribution is 2.28. The topological polar surface area (TPSA) is 82.8 Å². The lowest BCUT2D eigenvalue weighted by molar-refractivity contribution is 0.428. The third kappa shape index (κ3) is 2.37. The van der Waals surface area contributed by atoms with E-state index < -0.39 is 0 Å². The van der Waals surface area contributed by atoms with Crippen molar-refractivity contribution in [3.63, 3.8) is 0 Å². The molecule has 0 aliphatic carbocycles. The number of fused-ring (bicyclic) bond motifs is 1. The Hall–Kier alpha value is -3.74. The number of benzene rings is 2. The second-order valence-corrected chi connectivity index (χ2v) is 5.83. The first-order valence-electron chi connectivity index (χ1n) is 8.06. The van der Waals surface area contributed by atoms with Crippen LogP contribution in [0.15, 0.2) is 69.7 Å². The molecule has 0 saturated heterocycles. The van der Waals surface area contributed by atoms with Crippen molar-refractivity contribution in [3.8, 4) is 34.4 Å². The quantitative estimate of drug-likeness (QED) is 0.493. The minimum Gasteiger partial charge on any atom is -0.436 e. The Morgan fingerprint density at radius 1 is 0.885 bits per heavy atom. The zero-order chi connectivity index (χ0) is 17.5. The van der Waals surface area contributed by atoms with E-state index in [2.05, 4.69) is 20.2 Å². The van der Waals surface area contributed by atoms with E-state index in [1.807, 2.05) is 61.6 Å². The van der Waals surface area contributed by atoms with Crippen LogP contribution in [0.5, 0.6) is 0 Å². The molecule has 0 saturated carbocycles. The van der Waals surface area contributed by atoms with Crippen LogP contribution in [0.1, 0.15) is 0 Å². The van der Waals surface area contributed by atoms with Gasteiger partial charge in [-0.15, -0.1) is 0 Å². The maximum absolute atomic E-state index is 5.84. The van der Waals surface area contributed by atoms with Crippen LogP contribution in [0.3, 0.4) is 0 Å². The van der Waals surface area contributed by atoms with Crippen molar-refractivity contribution in [3.05, 3.63) is 60.8 Å². The van der Waals surface area contributed by atoms with Gasteiger partial charge < -0.3 is 8.94 Å². The van der Waals surface area contributed by atoms with Crippen LogP contribution in [-0.2, 0) is 7.05 Å². The Morgan fingerprint density at radius 3 is 2.58 bits per heavy atom. The molecule has 0 amide bonds. The number of oxazole rings is 1. The van der Waals surface area contributed by atoms with E-state index in [4.69, 9.17) is 8.94 Å². The Balaban J connectivity index is 1.54. The average Bonchev–Trinajstić information content (AvgIpc) is 3.40. The molecule has 0 unspecified atom stereocenters. The van der Waals surface area contributed by atoms with Gasteiger partial charge in [0.2, 0.25) is 11.7 Å². The lowest BCUT2D eigenvalue weighted by Gasteiger charge is -1.94. The summed E-state index contributed by atoms with van der Waals surface area (Å²) in [6, 6.07) is 17.3. The molecule has 5 aromatic rings. The first-order chi connectivity index (χ1) is 12.8. The number of aromatic nitrogens is 5. The van der Waals surface area contributed by atoms with E-state index in [-0.39, 0.29) is 0 Å². The highest BCUT2D eigenvalue weighted by atomic mass is 16.5. The van der Waals surface area contributed by atoms with E-state index >= 15 is 0 Å². The standard InChI is InChI=1S/C19H13N5O2/c1-24-15(9-10-20-24)19-22-17(23-26-19)13-7-8-16-14(11-13)21-18(25-16)12-5-3-2-4-6-12/h2-11H,1H3. The van der Waals surface area contributed by atoms with Crippen molar-refractivity contribution in [1.82, 2.24) is 24.9 Å². The molecule has 0 fully saturated rings. The Bertz CT molecular complexity index is 1200. The van der Waals surface area contributed by atoms with Crippen molar-refractivity contribution in [2.75, 3.05) is 0 Å². The first-order valence-corrected chi connectivity index (χ1v) is 8.06. The van der Waals surface area contributed by atoms with Gasteiger partial charge in [-0.1, -0.05) is 23.4 Å². The van der Waals surface area contributed by atoms with Gasteiger partial charge in [-0.25, -0.2) is 4.98 Å². The molecule has 3 aromatic heterocycles. The molecule has 0 radical (unpaired) electrons. The molecule has 26 heavy (non-hydrogen) atoms. The van der Waals surface area contributed by atoms with Gasteiger partial charge in [0.1, 0.15) is 11.2 Å². The van der Waals surface area contributed by atoms with E-state index in [9.17, 15) is 0 Å². The summed E-state index contributed by atoms with van der Waals surface area (Å²) in [5.41, 5.74) is 3.96. The third-order valence-corrected chi connectivity index (χ3v) is 4.13. The highest BCUT2D eigenvalue weighted by molar-refractivity contribution is 5.81. The molecule has 126 valence electrons. The fourth-order valence-electron chi connectivity index (χ4n) is 2.80. The van der Waals surface area contributed by atoms with Gasteiger partial charge in [0.25, 0.3) is 5.89 Å². The van der Waals surface area contributed by atoms with Crippen molar-refractivity contribution in [1.29, 1.82) is 0 Å². The van der Waals surface area contributed by atoms with Crippen LogP contribution in [0.4, 0.5) is 0 Å². The molecular formula is C19H13N5O2. The molecule has 0 N–H and O–H groups in total. The zero-order valence-corrected chi connectivity index (χ0v) is 13.8. The van der Waals surface area contributed by atoms with Gasteiger partial charge in [0, 0.05) is 24.4 Å². The zero-order valence-electron chi connectivity index (χ0n) is 13.8. The van der Waals surface area contributed by atoms with Gasteiger partial charge in [-0.2, -0.15) is 10.1 Å². The second kappa shape index (κ2) is 5.66. The lowest BCUT2D eigenvalue weighted by atomic mass is 10.2. The summed E-state index contributed by atoms with van der Waals surface area (Å²) in [6.45, 7) is 0. The number of rotatable bonds is 3. The number of hydrogen-bond acceptors (Lipinski definition) is 6. The average molecular weight is 343 g/mol. The van der Waals surface area contributed by atoms with E-state index in [1.165, 1.54) is 0 Å². The monoisotopic (exact) mass is 343 g/mol. The summed E-state index contributed by atoms with van der Waals surface area (Å²) < 4.78 is 12.9. The molecule has 0 spiro atoms. The molecule has 0 aliphatic rings. The minimum atomic E-state index is 0.422. The Labute approximate surface area is 147 Å². The van der Waals surface area contributed by atoms with E-state index in [0.29, 0.717) is 23.2 Å². The first kappa shape index (κ1) is 14.6. The molecule has 7 nitrogen and oxygen atoms in total. The van der Waals surface area contributed by atoms with Crippen molar-refractivity contribution >= 4 is 11.1 Å². The molecular weight excluding hydrogens is 330 g/mol. The predicted molar refractivity (Wildman–Crippen MR) is 94.9 cm³/mol. The number of nitrogens with zero attached hydrogens (tertiary/aromatic N) is 5. The molecule has 0 aliphatic heterocycles. The second-order valence-electron chi connectivity index (χ2n) is 5.83. The summed E-state index contributed by atoms with van der Waals surface area (Å²) in [7, 11) is 1.83. The lowest BCUT2D eigenvalue weighted by Crippen LogP contribution is -1.93. The van der Waals surface area contributed by atoms with Crippen LogP contribution in [-0.4, -0.2) is 24.9 Å². The fraction of sp³-hybridized carbons (Fsp3) is 0.0526. The van der Waals surface area contributed by atoms with Crippen molar-refractivity contribution < 1.29 is 8.94 Å².